The minimum atomic E-state index is 0.507. The summed E-state index contributed by atoms with van der Waals surface area (Å²) in [6.45, 7) is 5.55. The molecule has 0 amide bonds. The van der Waals surface area contributed by atoms with Crippen molar-refractivity contribution >= 4 is 11.3 Å². The lowest BCUT2D eigenvalue weighted by atomic mass is 9.92. The first-order chi connectivity index (χ1) is 9.78. The Kier molecular flexibility index (Phi) is 4.23. The highest BCUT2D eigenvalue weighted by molar-refractivity contribution is 7.10. The van der Waals surface area contributed by atoms with E-state index in [1.54, 1.807) is 11.1 Å². The lowest BCUT2D eigenvalue weighted by Gasteiger charge is -2.24. The quantitative estimate of drug-likeness (QED) is 0.852. The van der Waals surface area contributed by atoms with Gasteiger partial charge in [-0.1, -0.05) is 31.2 Å². The second-order valence-electron chi connectivity index (χ2n) is 5.86. The van der Waals surface area contributed by atoms with E-state index in [9.17, 15) is 0 Å². The molecule has 0 spiro atoms. The number of hydrogen-bond acceptors (Lipinski definition) is 2. The summed E-state index contributed by atoms with van der Waals surface area (Å²) >= 11 is 1.87. The smallest absolute Gasteiger partial charge is 0.0363 e. The highest BCUT2D eigenvalue weighted by Gasteiger charge is 2.29. The zero-order valence-corrected chi connectivity index (χ0v) is 13.2. The summed E-state index contributed by atoms with van der Waals surface area (Å²) in [5.41, 5.74) is 4.58. The second kappa shape index (κ2) is 6.11. The fraction of sp³-hybridized carbons (Fsp3) is 0.444. The Hall–Kier alpha value is -1.12. The molecule has 2 aromatic rings. The zero-order chi connectivity index (χ0) is 13.9. The van der Waals surface area contributed by atoms with Gasteiger partial charge in [-0.15, -0.1) is 11.3 Å². The third-order valence-corrected chi connectivity index (χ3v) is 5.16. The van der Waals surface area contributed by atoms with Crippen LogP contribution in [0, 0.1) is 12.8 Å². The summed E-state index contributed by atoms with van der Waals surface area (Å²) in [6.07, 6.45) is 3.62. The molecule has 0 radical (unpaired) electrons. The van der Waals surface area contributed by atoms with Gasteiger partial charge in [0.25, 0.3) is 0 Å². The van der Waals surface area contributed by atoms with Crippen molar-refractivity contribution in [2.45, 2.75) is 39.2 Å². The molecule has 0 fully saturated rings. The summed E-state index contributed by atoms with van der Waals surface area (Å²) in [4.78, 5) is 1.42. The first-order valence-electron chi connectivity index (χ1n) is 7.63. The van der Waals surface area contributed by atoms with Crippen LogP contribution in [0.5, 0.6) is 0 Å². The van der Waals surface area contributed by atoms with Crippen LogP contribution in [0.4, 0.5) is 0 Å². The molecule has 0 saturated heterocycles. The number of rotatable bonds is 5. The molecule has 1 aromatic heterocycles. The van der Waals surface area contributed by atoms with Crippen LogP contribution < -0.4 is 5.32 Å². The van der Waals surface area contributed by atoms with E-state index in [0.29, 0.717) is 12.0 Å². The maximum atomic E-state index is 3.78. The van der Waals surface area contributed by atoms with Crippen LogP contribution in [0.3, 0.4) is 0 Å². The van der Waals surface area contributed by atoms with E-state index in [-0.39, 0.29) is 0 Å². The monoisotopic (exact) mass is 285 g/mol. The molecule has 0 aliphatic heterocycles. The van der Waals surface area contributed by atoms with Gasteiger partial charge < -0.3 is 5.32 Å². The predicted octanol–water partition coefficient (Wildman–Crippen LogP) is 4.51. The van der Waals surface area contributed by atoms with Crippen molar-refractivity contribution in [2.24, 2.45) is 5.92 Å². The number of nitrogens with one attached hydrogen (secondary N) is 1. The second-order valence-corrected chi connectivity index (χ2v) is 6.97. The normalized spacial score (nSPS) is 16.3. The van der Waals surface area contributed by atoms with Crippen LogP contribution in [0.1, 0.15) is 41.0 Å². The Balaban J connectivity index is 1.81. The summed E-state index contributed by atoms with van der Waals surface area (Å²) < 4.78 is 0. The molecule has 20 heavy (non-hydrogen) atoms. The molecule has 1 atom stereocenters. The van der Waals surface area contributed by atoms with Crippen molar-refractivity contribution in [3.05, 3.63) is 57.3 Å². The molecule has 1 unspecified atom stereocenters. The number of thiophene rings is 1. The van der Waals surface area contributed by atoms with Crippen LogP contribution in [0.2, 0.25) is 0 Å². The molecular weight excluding hydrogens is 262 g/mol. The fourth-order valence-corrected chi connectivity index (χ4v) is 4.05. The number of hydrogen-bond donors (Lipinski definition) is 1. The van der Waals surface area contributed by atoms with Crippen molar-refractivity contribution in [1.82, 2.24) is 5.32 Å². The molecule has 1 nitrogen and oxygen atoms in total. The minimum Gasteiger partial charge on any atom is -0.310 e. The molecule has 0 bridgehead atoms. The van der Waals surface area contributed by atoms with Gasteiger partial charge in [0.2, 0.25) is 0 Å². The van der Waals surface area contributed by atoms with Crippen molar-refractivity contribution in [3.8, 4) is 0 Å². The van der Waals surface area contributed by atoms with Gasteiger partial charge in [0.15, 0.2) is 0 Å². The van der Waals surface area contributed by atoms with E-state index in [1.165, 1.54) is 29.7 Å². The Bertz CT molecular complexity index is 547. The van der Waals surface area contributed by atoms with Gasteiger partial charge in [-0.25, -0.2) is 0 Å². The summed E-state index contributed by atoms with van der Waals surface area (Å²) in [7, 11) is 0. The highest BCUT2D eigenvalue weighted by atomic mass is 32.1. The Morgan fingerprint density at radius 2 is 1.95 bits per heavy atom. The van der Waals surface area contributed by atoms with Crippen LogP contribution in [-0.2, 0) is 12.8 Å². The van der Waals surface area contributed by atoms with Crippen molar-refractivity contribution in [1.29, 1.82) is 0 Å². The zero-order valence-electron chi connectivity index (χ0n) is 12.4. The number of aryl methyl sites for hydroxylation is 1. The summed E-state index contributed by atoms with van der Waals surface area (Å²) in [6, 6.07) is 11.8. The van der Waals surface area contributed by atoms with Crippen LogP contribution in [0.15, 0.2) is 35.7 Å². The van der Waals surface area contributed by atoms with Gasteiger partial charge in [0.1, 0.15) is 0 Å². The first kappa shape index (κ1) is 13.8. The molecule has 1 N–H and O–H groups in total. The lowest BCUT2D eigenvalue weighted by Crippen LogP contribution is -2.29. The van der Waals surface area contributed by atoms with Gasteiger partial charge >= 0.3 is 0 Å². The maximum Gasteiger partial charge on any atom is 0.0363 e. The maximum absolute atomic E-state index is 3.78. The average Bonchev–Trinajstić information content (AvgIpc) is 3.05. The van der Waals surface area contributed by atoms with Crippen molar-refractivity contribution in [2.75, 3.05) is 6.54 Å². The lowest BCUT2D eigenvalue weighted by molar-refractivity contribution is 0.375. The first-order valence-corrected chi connectivity index (χ1v) is 8.51. The van der Waals surface area contributed by atoms with E-state index in [2.05, 4.69) is 54.9 Å². The van der Waals surface area contributed by atoms with Crippen molar-refractivity contribution in [3.63, 3.8) is 0 Å². The minimum absolute atomic E-state index is 0.507. The molecule has 0 saturated carbocycles. The van der Waals surface area contributed by atoms with E-state index in [0.717, 1.165) is 6.54 Å². The summed E-state index contributed by atoms with van der Waals surface area (Å²) in [5.74, 6) is 0.702. The third kappa shape index (κ3) is 2.82. The molecule has 2 heteroatoms. The molecule has 3 rings (SSSR count). The van der Waals surface area contributed by atoms with Gasteiger partial charge in [-0.05, 0) is 66.8 Å². The largest absolute Gasteiger partial charge is 0.310 e. The molecule has 106 valence electrons. The Morgan fingerprint density at radius 3 is 2.50 bits per heavy atom. The Labute approximate surface area is 126 Å². The van der Waals surface area contributed by atoms with Gasteiger partial charge in [-0.3, -0.25) is 0 Å². The van der Waals surface area contributed by atoms with Gasteiger partial charge in [-0.2, -0.15) is 0 Å². The molecule has 1 aliphatic rings. The molecular formula is C18H23NS. The van der Waals surface area contributed by atoms with Crippen LogP contribution in [-0.4, -0.2) is 6.54 Å². The third-order valence-electron chi connectivity index (χ3n) is 4.28. The molecule has 1 aromatic carbocycles. The topological polar surface area (TPSA) is 12.0 Å². The molecule has 1 aliphatic carbocycles. The Morgan fingerprint density at radius 1 is 1.25 bits per heavy atom. The van der Waals surface area contributed by atoms with E-state index < -0.39 is 0 Å². The fourth-order valence-electron chi connectivity index (χ4n) is 3.31. The van der Waals surface area contributed by atoms with Crippen LogP contribution in [0.25, 0.3) is 0 Å². The predicted molar refractivity (Wildman–Crippen MR) is 87.4 cm³/mol. The number of fused-ring (bicyclic) bond motifs is 1. The van der Waals surface area contributed by atoms with E-state index >= 15 is 0 Å². The van der Waals surface area contributed by atoms with Crippen molar-refractivity contribution < 1.29 is 0 Å². The SMILES string of the molecule is CCCNC(c1csc(C)c1)C1Cc2ccccc2C1. The van der Waals surface area contributed by atoms with E-state index in [4.69, 9.17) is 0 Å². The van der Waals surface area contributed by atoms with Gasteiger partial charge in [0, 0.05) is 10.9 Å². The average molecular weight is 285 g/mol. The van der Waals surface area contributed by atoms with Crippen LogP contribution >= 0.6 is 11.3 Å². The number of benzene rings is 1. The standard InChI is InChI=1S/C18H23NS/c1-3-8-19-18(17-9-13(2)20-12-17)16-10-14-6-4-5-7-15(14)11-16/h4-7,9,12,16,18-19H,3,8,10-11H2,1-2H3. The molecule has 1 heterocycles. The summed E-state index contributed by atoms with van der Waals surface area (Å²) in [5, 5.41) is 6.12. The highest BCUT2D eigenvalue weighted by Crippen LogP contribution is 2.36. The van der Waals surface area contributed by atoms with E-state index in [1.807, 2.05) is 11.3 Å². The van der Waals surface area contributed by atoms with Gasteiger partial charge in [0.05, 0.1) is 0 Å².